The predicted molar refractivity (Wildman–Crippen MR) is 149 cm³/mol. The first-order valence-corrected chi connectivity index (χ1v) is 14.4. The number of piperidine rings is 1. The summed E-state index contributed by atoms with van der Waals surface area (Å²) in [5.41, 5.74) is 3.68. The van der Waals surface area contributed by atoms with E-state index >= 15 is 0 Å². The molecule has 206 valence electrons. The number of carbonyl (C=O) groups is 1. The van der Waals surface area contributed by atoms with Crippen LogP contribution in [0.3, 0.4) is 0 Å². The zero-order valence-corrected chi connectivity index (χ0v) is 23.5. The van der Waals surface area contributed by atoms with Gasteiger partial charge in [-0.25, -0.2) is 0 Å². The molecule has 1 aliphatic carbocycles. The van der Waals surface area contributed by atoms with Gasteiger partial charge in [-0.1, -0.05) is 40.5 Å². The topological polar surface area (TPSA) is 74.0 Å². The summed E-state index contributed by atoms with van der Waals surface area (Å²) in [5, 5.41) is 5.61. The summed E-state index contributed by atoms with van der Waals surface area (Å²) in [6.45, 7) is 3.88. The van der Waals surface area contributed by atoms with Crippen LogP contribution >= 0.6 is 23.2 Å². The third-order valence-electron chi connectivity index (χ3n) is 8.05. The van der Waals surface area contributed by atoms with Crippen molar-refractivity contribution < 1.29 is 23.5 Å². The molecule has 1 atom stereocenters. The van der Waals surface area contributed by atoms with E-state index in [-0.39, 0.29) is 11.9 Å². The van der Waals surface area contributed by atoms with E-state index in [4.69, 9.17) is 41.9 Å². The number of aromatic nitrogens is 1. The first-order valence-electron chi connectivity index (χ1n) is 13.6. The van der Waals surface area contributed by atoms with Crippen LogP contribution in [-0.4, -0.2) is 49.4 Å². The predicted octanol–water partition coefficient (Wildman–Crippen LogP) is 6.86. The van der Waals surface area contributed by atoms with Crippen LogP contribution in [0.5, 0.6) is 11.5 Å². The summed E-state index contributed by atoms with van der Waals surface area (Å²) >= 11 is 13.1. The summed E-state index contributed by atoms with van der Waals surface area (Å²) in [4.78, 5) is 14.1. The van der Waals surface area contributed by atoms with Gasteiger partial charge < -0.3 is 18.7 Å². The van der Waals surface area contributed by atoms with Crippen LogP contribution < -0.4 is 9.47 Å². The zero-order chi connectivity index (χ0) is 26.9. The average molecular weight is 572 g/mol. The van der Waals surface area contributed by atoms with Crippen molar-refractivity contribution in [1.82, 2.24) is 10.1 Å². The van der Waals surface area contributed by atoms with Gasteiger partial charge in [0.15, 0.2) is 0 Å². The van der Waals surface area contributed by atoms with E-state index in [0.29, 0.717) is 41.5 Å². The van der Waals surface area contributed by atoms with E-state index in [9.17, 15) is 4.79 Å². The third-order valence-corrected chi connectivity index (χ3v) is 8.68. The Morgan fingerprint density at radius 3 is 2.59 bits per heavy atom. The van der Waals surface area contributed by atoms with E-state index in [1.54, 1.807) is 0 Å². The molecule has 1 unspecified atom stereocenters. The van der Waals surface area contributed by atoms with Gasteiger partial charge in [-0.15, -0.1) is 0 Å². The molecular formula is C30H32Cl2N2O5. The Hall–Kier alpha value is -2.74. The fourth-order valence-corrected chi connectivity index (χ4v) is 6.19. The van der Waals surface area contributed by atoms with Gasteiger partial charge in [0.25, 0.3) is 0 Å². The number of esters is 1. The summed E-state index contributed by atoms with van der Waals surface area (Å²) in [6.07, 6.45) is 4.70. The molecule has 9 heteroatoms. The average Bonchev–Trinajstić information content (AvgIpc) is 3.60. The number of halogens is 2. The van der Waals surface area contributed by atoms with Gasteiger partial charge >= 0.3 is 5.97 Å². The van der Waals surface area contributed by atoms with Crippen LogP contribution in [-0.2, 0) is 16.1 Å². The number of nitrogens with zero attached hydrogens (tertiary/aromatic N) is 2. The van der Waals surface area contributed by atoms with Crippen molar-refractivity contribution in [2.75, 3.05) is 33.4 Å². The van der Waals surface area contributed by atoms with Gasteiger partial charge in [0.2, 0.25) is 0 Å². The first kappa shape index (κ1) is 26.5. The second-order valence-electron chi connectivity index (χ2n) is 10.8. The molecule has 1 saturated carbocycles. The SMILES string of the molecule is COC(=O)CC1COc2cc(OCC3CCN(Cc4c(-c5c(Cl)cccc5Cl)noc4C4CC4)CC3)ccc21. The highest BCUT2D eigenvalue weighted by Gasteiger charge is 2.34. The molecule has 0 radical (unpaired) electrons. The number of benzene rings is 2. The number of rotatable bonds is 9. The minimum atomic E-state index is -0.222. The monoisotopic (exact) mass is 570 g/mol. The number of fused-ring (bicyclic) bond motifs is 1. The molecule has 1 saturated heterocycles. The molecule has 3 aliphatic rings. The fourth-order valence-electron chi connectivity index (χ4n) is 5.61. The second-order valence-corrected chi connectivity index (χ2v) is 11.6. The minimum absolute atomic E-state index is 0.0335. The van der Waals surface area contributed by atoms with Crippen molar-refractivity contribution in [2.45, 2.75) is 50.5 Å². The molecule has 39 heavy (non-hydrogen) atoms. The maximum atomic E-state index is 11.7. The van der Waals surface area contributed by atoms with Crippen molar-refractivity contribution in [3.8, 4) is 22.8 Å². The quantitative estimate of drug-likeness (QED) is 0.260. The van der Waals surface area contributed by atoms with Crippen LogP contribution in [0.1, 0.15) is 60.8 Å². The van der Waals surface area contributed by atoms with E-state index in [2.05, 4.69) is 10.1 Å². The Bertz CT molecular complexity index is 1330. The number of hydrogen-bond acceptors (Lipinski definition) is 7. The molecule has 6 rings (SSSR count). The second kappa shape index (κ2) is 11.4. The van der Waals surface area contributed by atoms with Crippen LogP contribution in [0.25, 0.3) is 11.3 Å². The van der Waals surface area contributed by atoms with Crippen LogP contribution in [0.4, 0.5) is 0 Å². The zero-order valence-electron chi connectivity index (χ0n) is 22.0. The van der Waals surface area contributed by atoms with E-state index in [0.717, 1.165) is 85.0 Å². The first-order chi connectivity index (χ1) is 19.0. The van der Waals surface area contributed by atoms with Gasteiger partial charge in [-0.3, -0.25) is 9.69 Å². The van der Waals surface area contributed by atoms with E-state index < -0.39 is 0 Å². The minimum Gasteiger partial charge on any atom is -0.493 e. The number of hydrogen-bond donors (Lipinski definition) is 0. The highest BCUT2D eigenvalue weighted by molar-refractivity contribution is 6.39. The van der Waals surface area contributed by atoms with Crippen LogP contribution in [0, 0.1) is 5.92 Å². The molecule has 0 N–H and O–H groups in total. The highest BCUT2D eigenvalue weighted by Crippen LogP contribution is 2.46. The van der Waals surface area contributed by atoms with Gasteiger partial charge in [0.1, 0.15) is 23.0 Å². The van der Waals surface area contributed by atoms with E-state index in [1.807, 2.05) is 36.4 Å². The van der Waals surface area contributed by atoms with Gasteiger partial charge in [0.05, 0.1) is 36.8 Å². The number of likely N-dealkylation sites (tertiary alicyclic amines) is 1. The van der Waals surface area contributed by atoms with Crippen molar-refractivity contribution in [1.29, 1.82) is 0 Å². The van der Waals surface area contributed by atoms with E-state index in [1.165, 1.54) is 7.11 Å². The number of methoxy groups -OCH3 is 1. The molecule has 3 heterocycles. The largest absolute Gasteiger partial charge is 0.493 e. The van der Waals surface area contributed by atoms with Crippen molar-refractivity contribution >= 4 is 29.2 Å². The molecule has 2 aliphatic heterocycles. The molecule has 2 fully saturated rings. The Kier molecular flexibility index (Phi) is 7.74. The van der Waals surface area contributed by atoms with Gasteiger partial charge in [-0.2, -0.15) is 0 Å². The summed E-state index contributed by atoms with van der Waals surface area (Å²) < 4.78 is 22.6. The van der Waals surface area contributed by atoms with Crippen molar-refractivity contribution in [3.63, 3.8) is 0 Å². The molecule has 0 spiro atoms. The molecule has 0 amide bonds. The molecule has 7 nitrogen and oxygen atoms in total. The van der Waals surface area contributed by atoms with Crippen LogP contribution in [0.2, 0.25) is 10.0 Å². The highest BCUT2D eigenvalue weighted by atomic mass is 35.5. The molecule has 1 aromatic heterocycles. The molecule has 0 bridgehead atoms. The Labute approximate surface area is 238 Å². The molecular weight excluding hydrogens is 539 g/mol. The maximum Gasteiger partial charge on any atom is 0.306 e. The third kappa shape index (κ3) is 5.76. The Morgan fingerprint density at radius 2 is 1.87 bits per heavy atom. The smallest absolute Gasteiger partial charge is 0.306 e. The molecule has 3 aromatic rings. The van der Waals surface area contributed by atoms with Crippen molar-refractivity contribution in [3.05, 3.63) is 63.3 Å². The normalized spacial score (nSPS) is 19.5. The lowest BCUT2D eigenvalue weighted by molar-refractivity contribution is -0.141. The summed E-state index contributed by atoms with van der Waals surface area (Å²) in [6, 6.07) is 11.5. The van der Waals surface area contributed by atoms with Crippen LogP contribution in [0.15, 0.2) is 40.9 Å². The van der Waals surface area contributed by atoms with Gasteiger partial charge in [-0.05, 0) is 62.9 Å². The van der Waals surface area contributed by atoms with Gasteiger partial charge in [0, 0.05) is 41.1 Å². The number of ether oxygens (including phenoxy) is 3. The fraction of sp³-hybridized carbons (Fsp3) is 0.467. The van der Waals surface area contributed by atoms with Crippen molar-refractivity contribution in [2.24, 2.45) is 5.92 Å². The standard InChI is InChI=1S/C30H32Cl2N2O5/c1-36-27(35)13-20-17-38-26-14-21(7-8-22(20)26)37-16-18-9-11-34(12-10-18)15-23-29(33-39-30(23)19-5-6-19)28-24(31)3-2-4-25(28)32/h2-4,7-8,14,18-20H,5-6,9-13,15-17H2,1H3. The lowest BCUT2D eigenvalue weighted by Gasteiger charge is -2.32. The summed E-state index contributed by atoms with van der Waals surface area (Å²) in [7, 11) is 1.41. The number of carbonyl (C=O) groups excluding carboxylic acids is 1. The maximum absolute atomic E-state index is 11.7. The molecule has 2 aromatic carbocycles. The Morgan fingerprint density at radius 1 is 1.10 bits per heavy atom. The summed E-state index contributed by atoms with van der Waals surface area (Å²) in [5.74, 6) is 3.32. The lowest BCUT2D eigenvalue weighted by atomic mass is 9.96. The lowest BCUT2D eigenvalue weighted by Crippen LogP contribution is -2.35. The Balaban J connectivity index is 1.05.